The molecule has 0 radical (unpaired) electrons. The van der Waals surface area contributed by atoms with E-state index in [9.17, 15) is 55.9 Å². The Morgan fingerprint density at radius 1 is 0.707 bits per heavy atom. The molecule has 0 spiro atoms. The lowest BCUT2D eigenvalue weighted by atomic mass is 9.87. The molecular formula is C26H28O15. The molecule has 2 fully saturated rings. The third kappa shape index (κ3) is 5.19. The molecule has 1 aromatic heterocycles. The zero-order valence-corrected chi connectivity index (χ0v) is 21.0. The summed E-state index contributed by atoms with van der Waals surface area (Å²) in [5.41, 5.74) is -0.630. The molecule has 15 heteroatoms. The summed E-state index contributed by atoms with van der Waals surface area (Å²) in [5, 5.41) is 101. The summed E-state index contributed by atoms with van der Waals surface area (Å²) < 4.78 is 22.4. The fourth-order valence-electron chi connectivity index (χ4n) is 4.91. The van der Waals surface area contributed by atoms with Crippen molar-refractivity contribution in [1.29, 1.82) is 0 Å². The van der Waals surface area contributed by atoms with Crippen LogP contribution in [0.4, 0.5) is 0 Å². The van der Waals surface area contributed by atoms with Gasteiger partial charge >= 0.3 is 0 Å². The molecule has 2 saturated heterocycles. The van der Waals surface area contributed by atoms with E-state index in [-0.39, 0.29) is 28.0 Å². The lowest BCUT2D eigenvalue weighted by Gasteiger charge is -2.48. The van der Waals surface area contributed by atoms with Crippen LogP contribution in [-0.4, -0.2) is 119 Å². The van der Waals surface area contributed by atoms with E-state index in [0.29, 0.717) is 0 Å². The van der Waals surface area contributed by atoms with Crippen LogP contribution >= 0.6 is 0 Å². The molecule has 3 aromatic rings. The van der Waals surface area contributed by atoms with Crippen LogP contribution in [0.3, 0.4) is 0 Å². The summed E-state index contributed by atoms with van der Waals surface area (Å²) in [6, 6.07) is 6.93. The van der Waals surface area contributed by atoms with E-state index in [1.165, 1.54) is 12.1 Å². The monoisotopic (exact) mass is 580 g/mol. The van der Waals surface area contributed by atoms with Gasteiger partial charge in [-0.3, -0.25) is 4.79 Å². The minimum atomic E-state index is -1.92. The van der Waals surface area contributed by atoms with E-state index in [0.717, 1.165) is 24.3 Å². The van der Waals surface area contributed by atoms with Gasteiger partial charge in [-0.2, -0.15) is 0 Å². The molecule has 2 aliphatic heterocycles. The Bertz CT molecular complexity index is 1470. The number of ether oxygens (including phenoxy) is 3. The molecule has 41 heavy (non-hydrogen) atoms. The Kier molecular flexibility index (Phi) is 7.82. The van der Waals surface area contributed by atoms with Crippen LogP contribution in [0.15, 0.2) is 45.6 Å². The smallest absolute Gasteiger partial charge is 0.229 e. The molecular weight excluding hydrogens is 552 g/mol. The van der Waals surface area contributed by atoms with Crippen molar-refractivity contribution in [1.82, 2.24) is 0 Å². The molecule has 3 heterocycles. The summed E-state index contributed by atoms with van der Waals surface area (Å²) in [4.78, 5) is 12.7. The van der Waals surface area contributed by atoms with Crippen molar-refractivity contribution in [2.24, 2.45) is 0 Å². The first-order valence-corrected chi connectivity index (χ1v) is 12.4. The van der Waals surface area contributed by atoms with Gasteiger partial charge in [0.1, 0.15) is 83.2 Å². The second-order valence-corrected chi connectivity index (χ2v) is 9.85. The largest absolute Gasteiger partial charge is 0.507 e. The first kappa shape index (κ1) is 29.0. The Morgan fingerprint density at radius 2 is 1.37 bits per heavy atom. The summed E-state index contributed by atoms with van der Waals surface area (Å²) in [5.74, 6) is -1.72. The number of aromatic hydroxyl groups is 3. The van der Waals surface area contributed by atoms with Crippen LogP contribution in [0.2, 0.25) is 0 Å². The lowest BCUT2D eigenvalue weighted by Crippen LogP contribution is -2.68. The van der Waals surface area contributed by atoms with Gasteiger partial charge in [-0.25, -0.2) is 0 Å². The number of aliphatic hydroxyl groups is 7. The summed E-state index contributed by atoms with van der Waals surface area (Å²) in [6.07, 6.45) is -17.4. The quantitative estimate of drug-likeness (QED) is 0.141. The number of benzene rings is 2. The van der Waals surface area contributed by atoms with Crippen molar-refractivity contribution in [3.8, 4) is 34.3 Å². The third-order valence-corrected chi connectivity index (χ3v) is 7.16. The van der Waals surface area contributed by atoms with Gasteiger partial charge < -0.3 is 69.7 Å². The molecule has 15 nitrogen and oxygen atoms in total. The van der Waals surface area contributed by atoms with Gasteiger partial charge in [-0.15, -0.1) is 0 Å². The van der Waals surface area contributed by atoms with Crippen molar-refractivity contribution in [3.63, 3.8) is 0 Å². The van der Waals surface area contributed by atoms with Gasteiger partial charge in [0, 0.05) is 23.8 Å². The maximum Gasteiger partial charge on any atom is 0.229 e. The predicted molar refractivity (Wildman–Crippen MR) is 134 cm³/mol. The summed E-state index contributed by atoms with van der Waals surface area (Å²) in [7, 11) is 0. The maximum absolute atomic E-state index is 12.7. The zero-order chi connectivity index (χ0) is 29.7. The minimum Gasteiger partial charge on any atom is -0.507 e. The second kappa shape index (κ2) is 11.1. The predicted octanol–water partition coefficient (Wildman–Crippen LogP) is -2.39. The van der Waals surface area contributed by atoms with E-state index in [1.807, 2.05) is 0 Å². The Morgan fingerprint density at radius 3 is 2.02 bits per heavy atom. The average molecular weight is 580 g/mol. The molecule has 10 atom stereocenters. The maximum atomic E-state index is 12.7. The SMILES string of the molecule is O=c1cc(-c2ccc(O)c(O)c2)oc2cc(O[C@@H]3O[C@H]([C@@H]4O[C@H](CO)[C@H](O)[C@H](O)[C@@H]4O)[C@@H](O)[C@H](O)[C@H]3O)cc(O)c12. The van der Waals surface area contributed by atoms with Gasteiger partial charge in [-0.1, -0.05) is 0 Å². The highest BCUT2D eigenvalue weighted by molar-refractivity contribution is 5.86. The molecule has 0 aliphatic carbocycles. The highest BCUT2D eigenvalue weighted by Crippen LogP contribution is 2.36. The first-order valence-electron chi connectivity index (χ1n) is 12.4. The second-order valence-electron chi connectivity index (χ2n) is 9.85. The van der Waals surface area contributed by atoms with Crippen molar-refractivity contribution >= 4 is 11.0 Å². The number of hydrogen-bond acceptors (Lipinski definition) is 15. The Hall–Kier alpha value is -3.51. The molecule has 2 aromatic carbocycles. The highest BCUT2D eigenvalue weighted by Gasteiger charge is 2.54. The number of hydrogen-bond donors (Lipinski definition) is 10. The van der Waals surface area contributed by atoms with Gasteiger partial charge in [0.2, 0.25) is 6.29 Å². The van der Waals surface area contributed by atoms with E-state index in [1.54, 1.807) is 0 Å². The average Bonchev–Trinajstić information content (AvgIpc) is 2.93. The number of rotatable bonds is 5. The van der Waals surface area contributed by atoms with Crippen molar-refractivity contribution in [3.05, 3.63) is 46.6 Å². The van der Waals surface area contributed by atoms with Crippen LogP contribution in [0.1, 0.15) is 0 Å². The zero-order valence-electron chi connectivity index (χ0n) is 21.0. The molecule has 10 N–H and O–H groups in total. The fourth-order valence-corrected chi connectivity index (χ4v) is 4.91. The Balaban J connectivity index is 1.46. The number of aliphatic hydroxyl groups excluding tert-OH is 7. The molecule has 5 rings (SSSR count). The van der Waals surface area contributed by atoms with Gasteiger partial charge in [0.05, 0.1) is 6.61 Å². The van der Waals surface area contributed by atoms with Crippen molar-refractivity contribution < 1.29 is 69.7 Å². The standard InChI is InChI=1S/C26H28O15/c27-7-16-18(32)19(33)21(35)24(40-16)25-22(36)20(34)23(37)26(41-25)38-9-4-12(30)17-13(31)6-14(39-15(17)5-9)8-1-2-10(28)11(29)3-8/h1-6,16,18-30,32-37H,7H2/t16-,18+,19+,20+,21+,22+,23-,24-,25+,26-/m1/s1. The molecule has 0 unspecified atom stereocenters. The van der Waals surface area contributed by atoms with Crippen molar-refractivity contribution in [2.75, 3.05) is 6.61 Å². The number of phenols is 3. The summed E-state index contributed by atoms with van der Waals surface area (Å²) >= 11 is 0. The Labute approximate surface area is 229 Å². The molecule has 0 amide bonds. The van der Waals surface area contributed by atoms with Crippen LogP contribution in [0.25, 0.3) is 22.3 Å². The molecule has 222 valence electrons. The third-order valence-electron chi connectivity index (χ3n) is 7.16. The normalized spacial score (nSPS) is 34.0. The van der Waals surface area contributed by atoms with Crippen LogP contribution in [0.5, 0.6) is 23.0 Å². The topological polar surface area (TPSA) is 260 Å². The van der Waals surface area contributed by atoms with Crippen LogP contribution in [-0.2, 0) is 9.47 Å². The minimum absolute atomic E-state index is 0.0375. The number of fused-ring (bicyclic) bond motifs is 1. The lowest BCUT2D eigenvalue weighted by molar-refractivity contribution is -0.323. The van der Waals surface area contributed by atoms with Gasteiger partial charge in [0.15, 0.2) is 16.9 Å². The molecule has 2 aliphatic rings. The van der Waals surface area contributed by atoms with E-state index in [2.05, 4.69) is 0 Å². The number of phenolic OH excluding ortho intramolecular Hbond substituents is 3. The van der Waals surface area contributed by atoms with Gasteiger partial charge in [-0.05, 0) is 18.2 Å². The van der Waals surface area contributed by atoms with E-state index in [4.69, 9.17) is 18.6 Å². The van der Waals surface area contributed by atoms with Crippen molar-refractivity contribution in [2.45, 2.75) is 61.2 Å². The summed E-state index contributed by atoms with van der Waals surface area (Å²) in [6.45, 7) is -0.761. The fraction of sp³-hybridized carbons (Fsp3) is 0.423. The molecule has 0 saturated carbocycles. The van der Waals surface area contributed by atoms with E-state index >= 15 is 0 Å². The van der Waals surface area contributed by atoms with Crippen LogP contribution in [0, 0.1) is 0 Å². The first-order chi connectivity index (χ1) is 19.4. The van der Waals surface area contributed by atoms with E-state index < -0.39 is 90.5 Å². The highest BCUT2D eigenvalue weighted by atomic mass is 16.7. The molecule has 0 bridgehead atoms. The van der Waals surface area contributed by atoms with Gasteiger partial charge in [0.25, 0.3) is 0 Å². The van der Waals surface area contributed by atoms with Crippen LogP contribution < -0.4 is 10.2 Å².